The van der Waals surface area contributed by atoms with Crippen molar-refractivity contribution in [2.75, 3.05) is 0 Å². The Bertz CT molecular complexity index is 534. The van der Waals surface area contributed by atoms with Gasteiger partial charge in [0.15, 0.2) is 0 Å². The Kier molecular flexibility index (Phi) is 4.11. The van der Waals surface area contributed by atoms with Gasteiger partial charge in [0.25, 0.3) is 0 Å². The molecule has 3 N–H and O–H groups in total. The van der Waals surface area contributed by atoms with E-state index in [0.717, 1.165) is 17.1 Å². The van der Waals surface area contributed by atoms with Crippen LogP contribution in [0.3, 0.4) is 0 Å². The first kappa shape index (κ1) is 13.2. The topological polar surface area (TPSA) is 50.9 Å². The molecular formula is C14H19N3S. The lowest BCUT2D eigenvalue weighted by atomic mass is 9.95. The van der Waals surface area contributed by atoms with Gasteiger partial charge in [0.05, 0.1) is 16.7 Å². The molecule has 1 aromatic heterocycles. The SMILES string of the molecule is Cc1nc(CC(NN)c2cccc(C)c2C)cs1. The lowest BCUT2D eigenvalue weighted by Crippen LogP contribution is -2.30. The molecule has 1 aromatic carbocycles. The second-order valence-electron chi connectivity index (χ2n) is 4.57. The molecule has 1 atom stereocenters. The van der Waals surface area contributed by atoms with Crippen molar-refractivity contribution in [1.82, 2.24) is 10.4 Å². The molecule has 96 valence electrons. The van der Waals surface area contributed by atoms with Gasteiger partial charge in [-0.15, -0.1) is 11.3 Å². The molecular weight excluding hydrogens is 242 g/mol. The Hall–Kier alpha value is -1.23. The van der Waals surface area contributed by atoms with Crippen LogP contribution < -0.4 is 11.3 Å². The molecule has 2 aromatic rings. The minimum atomic E-state index is 0.117. The van der Waals surface area contributed by atoms with Gasteiger partial charge in [0.1, 0.15) is 0 Å². The molecule has 0 fully saturated rings. The summed E-state index contributed by atoms with van der Waals surface area (Å²) >= 11 is 1.68. The zero-order chi connectivity index (χ0) is 13.1. The first-order valence-corrected chi connectivity index (χ1v) is 6.93. The molecule has 0 aliphatic carbocycles. The van der Waals surface area contributed by atoms with Crippen molar-refractivity contribution >= 4 is 11.3 Å². The molecule has 2 rings (SSSR count). The number of aromatic nitrogens is 1. The van der Waals surface area contributed by atoms with Gasteiger partial charge in [-0.1, -0.05) is 18.2 Å². The summed E-state index contributed by atoms with van der Waals surface area (Å²) in [7, 11) is 0. The van der Waals surface area contributed by atoms with E-state index in [4.69, 9.17) is 5.84 Å². The molecule has 0 aliphatic rings. The highest BCUT2D eigenvalue weighted by atomic mass is 32.1. The second kappa shape index (κ2) is 5.61. The van der Waals surface area contributed by atoms with Gasteiger partial charge in [-0.2, -0.15) is 0 Å². The highest BCUT2D eigenvalue weighted by Gasteiger charge is 2.15. The Morgan fingerprint density at radius 2 is 2.11 bits per heavy atom. The summed E-state index contributed by atoms with van der Waals surface area (Å²) in [6, 6.07) is 6.45. The zero-order valence-corrected chi connectivity index (χ0v) is 11.8. The molecule has 0 saturated heterocycles. The number of benzene rings is 1. The van der Waals surface area contributed by atoms with Gasteiger partial charge in [-0.05, 0) is 37.5 Å². The van der Waals surface area contributed by atoms with Crippen LogP contribution in [-0.4, -0.2) is 4.98 Å². The highest BCUT2D eigenvalue weighted by molar-refractivity contribution is 7.09. The number of nitrogens with zero attached hydrogens (tertiary/aromatic N) is 1. The number of nitrogens with two attached hydrogens (primary N) is 1. The smallest absolute Gasteiger partial charge is 0.0897 e. The molecule has 0 radical (unpaired) electrons. The molecule has 0 saturated carbocycles. The summed E-state index contributed by atoms with van der Waals surface area (Å²) in [4.78, 5) is 4.50. The summed E-state index contributed by atoms with van der Waals surface area (Å²) in [5.74, 6) is 5.70. The van der Waals surface area contributed by atoms with Gasteiger partial charge in [0.2, 0.25) is 0 Å². The quantitative estimate of drug-likeness (QED) is 0.657. The molecule has 4 heteroatoms. The van der Waals surface area contributed by atoms with Crippen LogP contribution in [-0.2, 0) is 6.42 Å². The average molecular weight is 261 g/mol. The highest BCUT2D eigenvalue weighted by Crippen LogP contribution is 2.23. The van der Waals surface area contributed by atoms with Crippen molar-refractivity contribution < 1.29 is 0 Å². The molecule has 0 spiro atoms. The Morgan fingerprint density at radius 3 is 2.72 bits per heavy atom. The number of aryl methyl sites for hydroxylation is 2. The standard InChI is InChI=1S/C14H19N3S/c1-9-5-4-6-13(10(9)2)14(17-15)7-12-8-18-11(3)16-12/h4-6,8,14,17H,7,15H2,1-3H3. The van der Waals surface area contributed by atoms with Gasteiger partial charge in [0, 0.05) is 11.8 Å². The third-order valence-corrected chi connectivity index (χ3v) is 4.13. The van der Waals surface area contributed by atoms with E-state index < -0.39 is 0 Å². The van der Waals surface area contributed by atoms with Crippen LogP contribution in [0.2, 0.25) is 0 Å². The van der Waals surface area contributed by atoms with E-state index in [1.807, 2.05) is 6.92 Å². The van der Waals surface area contributed by atoms with Crippen molar-refractivity contribution in [3.05, 3.63) is 51.0 Å². The number of hydrazine groups is 1. The van der Waals surface area contributed by atoms with Gasteiger partial charge in [-0.3, -0.25) is 11.3 Å². The van der Waals surface area contributed by atoms with E-state index in [0.29, 0.717) is 0 Å². The lowest BCUT2D eigenvalue weighted by molar-refractivity contribution is 0.544. The van der Waals surface area contributed by atoms with E-state index in [9.17, 15) is 0 Å². The number of nitrogens with one attached hydrogen (secondary N) is 1. The lowest BCUT2D eigenvalue weighted by Gasteiger charge is -2.18. The van der Waals surface area contributed by atoms with Crippen LogP contribution in [0.15, 0.2) is 23.6 Å². The maximum absolute atomic E-state index is 5.70. The third kappa shape index (κ3) is 2.77. The fourth-order valence-corrected chi connectivity index (χ4v) is 2.75. The summed E-state index contributed by atoms with van der Waals surface area (Å²) in [6.45, 7) is 6.29. The second-order valence-corrected chi connectivity index (χ2v) is 5.63. The maximum atomic E-state index is 5.70. The summed E-state index contributed by atoms with van der Waals surface area (Å²) < 4.78 is 0. The average Bonchev–Trinajstić information content (AvgIpc) is 2.76. The van der Waals surface area contributed by atoms with E-state index in [1.54, 1.807) is 11.3 Å². The normalized spacial score (nSPS) is 12.7. The van der Waals surface area contributed by atoms with Crippen LogP contribution in [0, 0.1) is 20.8 Å². The predicted octanol–water partition coefficient (Wildman–Crippen LogP) is 2.82. The van der Waals surface area contributed by atoms with Crippen molar-refractivity contribution in [2.24, 2.45) is 5.84 Å². The van der Waals surface area contributed by atoms with Gasteiger partial charge in [-0.25, -0.2) is 4.98 Å². The van der Waals surface area contributed by atoms with Crippen molar-refractivity contribution in [1.29, 1.82) is 0 Å². The van der Waals surface area contributed by atoms with Gasteiger partial charge >= 0.3 is 0 Å². The number of hydrogen-bond acceptors (Lipinski definition) is 4. The summed E-state index contributed by atoms with van der Waals surface area (Å²) in [5.41, 5.74) is 7.85. The maximum Gasteiger partial charge on any atom is 0.0897 e. The molecule has 3 nitrogen and oxygen atoms in total. The van der Waals surface area contributed by atoms with Crippen LogP contribution in [0.4, 0.5) is 0 Å². The van der Waals surface area contributed by atoms with Gasteiger partial charge < -0.3 is 0 Å². The van der Waals surface area contributed by atoms with E-state index in [-0.39, 0.29) is 6.04 Å². The molecule has 18 heavy (non-hydrogen) atoms. The first-order valence-electron chi connectivity index (χ1n) is 6.05. The molecule has 1 heterocycles. The molecule has 1 unspecified atom stereocenters. The fourth-order valence-electron chi connectivity index (χ4n) is 2.12. The Balaban J connectivity index is 2.25. The van der Waals surface area contributed by atoms with Crippen molar-refractivity contribution in [2.45, 2.75) is 33.2 Å². The number of thiazole rings is 1. The van der Waals surface area contributed by atoms with Crippen LogP contribution in [0.5, 0.6) is 0 Å². The Morgan fingerprint density at radius 1 is 1.33 bits per heavy atom. The zero-order valence-electron chi connectivity index (χ0n) is 11.0. The van der Waals surface area contributed by atoms with E-state index in [1.165, 1.54) is 16.7 Å². The third-order valence-electron chi connectivity index (χ3n) is 3.30. The summed E-state index contributed by atoms with van der Waals surface area (Å²) in [6.07, 6.45) is 0.825. The molecule has 0 amide bonds. The van der Waals surface area contributed by atoms with Crippen LogP contribution in [0.1, 0.15) is 33.4 Å². The Labute approximate surface area is 112 Å². The molecule has 0 aliphatic heterocycles. The monoisotopic (exact) mass is 261 g/mol. The fraction of sp³-hybridized carbons (Fsp3) is 0.357. The molecule has 0 bridgehead atoms. The van der Waals surface area contributed by atoms with Crippen LogP contribution in [0.25, 0.3) is 0 Å². The van der Waals surface area contributed by atoms with Crippen LogP contribution >= 0.6 is 11.3 Å². The minimum absolute atomic E-state index is 0.117. The van der Waals surface area contributed by atoms with E-state index >= 15 is 0 Å². The largest absolute Gasteiger partial charge is 0.271 e. The minimum Gasteiger partial charge on any atom is -0.271 e. The number of rotatable bonds is 4. The van der Waals surface area contributed by atoms with Crippen molar-refractivity contribution in [3.8, 4) is 0 Å². The first-order chi connectivity index (χ1) is 8.61. The summed E-state index contributed by atoms with van der Waals surface area (Å²) in [5, 5.41) is 3.20. The van der Waals surface area contributed by atoms with Crippen molar-refractivity contribution in [3.63, 3.8) is 0 Å². The number of hydrogen-bond donors (Lipinski definition) is 2. The predicted molar refractivity (Wildman–Crippen MR) is 76.5 cm³/mol. The van der Waals surface area contributed by atoms with E-state index in [2.05, 4.69) is 47.8 Å².